The Morgan fingerprint density at radius 2 is 1.15 bits per heavy atom. The number of ketones is 4. The highest BCUT2D eigenvalue weighted by molar-refractivity contribution is 6.20. The molecule has 214 valence electrons. The summed E-state index contributed by atoms with van der Waals surface area (Å²) >= 11 is 0. The molecule has 2 aliphatic carbocycles. The Hall–Kier alpha value is -4.80. The maximum atomic E-state index is 12.1. The molecule has 0 radical (unpaired) electrons. The van der Waals surface area contributed by atoms with Crippen LogP contribution in [0.4, 0.5) is 11.4 Å². The van der Waals surface area contributed by atoms with E-state index in [9.17, 15) is 19.2 Å². The fourth-order valence-electron chi connectivity index (χ4n) is 4.08. The third kappa shape index (κ3) is 8.85. The molecule has 4 rings (SSSR count). The van der Waals surface area contributed by atoms with Crippen LogP contribution in [0.15, 0.2) is 95.4 Å². The second kappa shape index (κ2) is 14.5. The minimum atomic E-state index is -0.247. The Bertz CT molecular complexity index is 1420. The molecule has 0 amide bonds. The van der Waals surface area contributed by atoms with E-state index in [1.807, 2.05) is 24.3 Å². The number of aliphatic hydroxyl groups excluding tert-OH is 2. The van der Waals surface area contributed by atoms with Crippen LogP contribution in [0.5, 0.6) is 0 Å². The Morgan fingerprint density at radius 3 is 1.63 bits per heavy atom. The molecule has 10 nitrogen and oxygen atoms in total. The van der Waals surface area contributed by atoms with Crippen LogP contribution in [0.3, 0.4) is 0 Å². The van der Waals surface area contributed by atoms with Gasteiger partial charge in [0.2, 0.25) is 11.6 Å². The first-order valence-electron chi connectivity index (χ1n) is 13.0. The van der Waals surface area contributed by atoms with Gasteiger partial charge < -0.3 is 31.9 Å². The average Bonchev–Trinajstić information content (AvgIpc) is 2.94. The molecule has 2 aliphatic rings. The molecule has 7 N–H and O–H groups in total. The lowest BCUT2D eigenvalue weighted by atomic mass is 9.94. The van der Waals surface area contributed by atoms with Crippen molar-refractivity contribution < 1.29 is 29.4 Å². The van der Waals surface area contributed by atoms with Crippen molar-refractivity contribution in [1.29, 1.82) is 0 Å². The van der Waals surface area contributed by atoms with Gasteiger partial charge in [0.05, 0.1) is 24.6 Å². The molecule has 0 atom stereocenters. The first kappa shape index (κ1) is 30.7. The fraction of sp³-hybridized carbons (Fsp3) is 0.226. The van der Waals surface area contributed by atoms with Crippen LogP contribution in [0.1, 0.15) is 11.1 Å². The van der Waals surface area contributed by atoms with Crippen molar-refractivity contribution in [2.24, 2.45) is 0 Å². The molecule has 0 heterocycles. The van der Waals surface area contributed by atoms with Crippen LogP contribution in [-0.2, 0) is 32.0 Å². The largest absolute Gasteiger partial charge is 0.399 e. The third-order valence-corrected chi connectivity index (χ3v) is 6.33. The zero-order valence-corrected chi connectivity index (χ0v) is 22.8. The van der Waals surface area contributed by atoms with Gasteiger partial charge in [0, 0.05) is 67.7 Å². The van der Waals surface area contributed by atoms with Crippen LogP contribution >= 0.6 is 0 Å². The number of hydrogen-bond donors (Lipinski definition) is 5. The standard InChI is InChI=1S/C16H18N2O3.C15H16N2O3/c1-18(6-7-19)14-10-15(20)12(9-16(14)21)8-11-2-4-13(17)5-3-11;16-12-3-1-10(2-4-12)7-11-8-15(20)13(9-14(11)19)17-5-6-18/h2-5,9-10,19H,6-8,17H2,1H3;1-4,8-9,17-18H,5-7,16H2. The second-order valence-electron chi connectivity index (χ2n) is 9.52. The van der Waals surface area contributed by atoms with Gasteiger partial charge >= 0.3 is 0 Å². The second-order valence-corrected chi connectivity index (χ2v) is 9.52. The molecule has 0 fully saturated rings. The van der Waals surface area contributed by atoms with Gasteiger partial charge in [-0.05, 0) is 47.5 Å². The molecule has 0 unspecified atom stereocenters. The lowest BCUT2D eigenvalue weighted by Gasteiger charge is -2.22. The van der Waals surface area contributed by atoms with Gasteiger partial charge in [-0.1, -0.05) is 24.3 Å². The molecule has 0 spiro atoms. The van der Waals surface area contributed by atoms with E-state index in [1.165, 1.54) is 24.3 Å². The van der Waals surface area contributed by atoms with Crippen LogP contribution in [0.2, 0.25) is 0 Å². The number of benzene rings is 2. The molecule has 0 bridgehead atoms. The maximum Gasteiger partial charge on any atom is 0.202 e. The summed E-state index contributed by atoms with van der Waals surface area (Å²) in [6.45, 7) is 0.385. The van der Waals surface area contributed by atoms with Crippen molar-refractivity contribution in [2.75, 3.05) is 44.8 Å². The minimum Gasteiger partial charge on any atom is -0.399 e. The molecular formula is C31H34N4O6. The average molecular weight is 559 g/mol. The summed E-state index contributed by atoms with van der Waals surface area (Å²) < 4.78 is 0. The molecule has 41 heavy (non-hydrogen) atoms. The predicted molar refractivity (Wildman–Crippen MR) is 156 cm³/mol. The lowest BCUT2D eigenvalue weighted by Crippen LogP contribution is -2.29. The highest BCUT2D eigenvalue weighted by atomic mass is 16.3. The van der Waals surface area contributed by atoms with Crippen molar-refractivity contribution in [3.8, 4) is 0 Å². The monoisotopic (exact) mass is 558 g/mol. The van der Waals surface area contributed by atoms with Crippen LogP contribution in [-0.4, -0.2) is 71.6 Å². The zero-order chi connectivity index (χ0) is 29.9. The number of nitrogens with two attached hydrogens (primary N) is 2. The summed E-state index contributed by atoms with van der Waals surface area (Å²) in [6.07, 6.45) is 6.14. The number of hydrogen-bond acceptors (Lipinski definition) is 10. The molecule has 10 heteroatoms. The Morgan fingerprint density at radius 1 is 0.659 bits per heavy atom. The first-order chi connectivity index (χ1) is 19.6. The van der Waals surface area contributed by atoms with Crippen LogP contribution in [0.25, 0.3) is 0 Å². The van der Waals surface area contributed by atoms with Gasteiger partial charge in [0.1, 0.15) is 0 Å². The number of nitrogens with one attached hydrogen (secondary N) is 1. The molecule has 0 saturated carbocycles. The summed E-state index contributed by atoms with van der Waals surface area (Å²) in [4.78, 5) is 49.6. The number of carbonyl (C=O) groups excluding carboxylic acids is 4. The fourth-order valence-corrected chi connectivity index (χ4v) is 4.08. The van der Waals surface area contributed by atoms with Gasteiger partial charge in [-0.25, -0.2) is 0 Å². The van der Waals surface area contributed by atoms with Crippen molar-refractivity contribution >= 4 is 34.5 Å². The zero-order valence-electron chi connectivity index (χ0n) is 22.8. The number of allylic oxidation sites excluding steroid dienone is 6. The Labute approximate surface area is 238 Å². The number of nitrogens with zero attached hydrogens (tertiary/aromatic N) is 1. The van der Waals surface area contributed by atoms with Crippen molar-refractivity contribution in [3.05, 3.63) is 107 Å². The quantitative estimate of drug-likeness (QED) is 0.209. The lowest BCUT2D eigenvalue weighted by molar-refractivity contribution is -0.116. The van der Waals surface area contributed by atoms with Crippen molar-refractivity contribution in [1.82, 2.24) is 10.2 Å². The normalized spacial score (nSPS) is 14.8. The molecule has 0 aromatic heterocycles. The Kier molecular flexibility index (Phi) is 10.9. The van der Waals surface area contributed by atoms with E-state index >= 15 is 0 Å². The van der Waals surface area contributed by atoms with E-state index in [0.29, 0.717) is 47.6 Å². The smallest absolute Gasteiger partial charge is 0.202 e. The summed E-state index contributed by atoms with van der Waals surface area (Å²) in [5.41, 5.74) is 15.8. The van der Waals surface area contributed by atoms with Gasteiger partial charge in [0.25, 0.3) is 0 Å². The maximum absolute atomic E-state index is 12.1. The van der Waals surface area contributed by atoms with Gasteiger partial charge in [-0.15, -0.1) is 0 Å². The van der Waals surface area contributed by atoms with E-state index in [4.69, 9.17) is 21.7 Å². The van der Waals surface area contributed by atoms with Gasteiger partial charge in [0.15, 0.2) is 11.6 Å². The molecule has 0 saturated heterocycles. The molecule has 2 aromatic carbocycles. The van der Waals surface area contributed by atoms with E-state index in [0.717, 1.165) is 11.1 Å². The third-order valence-electron chi connectivity index (χ3n) is 6.33. The number of anilines is 2. The topological polar surface area (TPSA) is 176 Å². The highest BCUT2D eigenvalue weighted by Gasteiger charge is 2.23. The number of nitrogen functional groups attached to an aromatic ring is 2. The van der Waals surface area contributed by atoms with Crippen LogP contribution in [0, 0.1) is 0 Å². The number of aliphatic hydroxyl groups is 2. The summed E-state index contributed by atoms with van der Waals surface area (Å²) in [7, 11) is 1.67. The molecule has 0 aliphatic heterocycles. The van der Waals surface area contributed by atoms with Crippen molar-refractivity contribution in [3.63, 3.8) is 0 Å². The highest BCUT2D eigenvalue weighted by Crippen LogP contribution is 2.19. The van der Waals surface area contributed by atoms with Crippen molar-refractivity contribution in [2.45, 2.75) is 12.8 Å². The summed E-state index contributed by atoms with van der Waals surface area (Å²) in [6, 6.07) is 14.4. The van der Waals surface area contributed by atoms with Crippen LogP contribution < -0.4 is 16.8 Å². The SMILES string of the molecule is CN(CCO)C1=CC(=O)C(Cc2ccc(N)cc2)=CC1=O.Nc1ccc(CC2=CC(=O)C(NCCO)=CC2=O)cc1. The Balaban J connectivity index is 0.000000226. The van der Waals surface area contributed by atoms with E-state index < -0.39 is 0 Å². The minimum absolute atomic E-state index is 0.0721. The van der Waals surface area contributed by atoms with Gasteiger partial charge in [-0.2, -0.15) is 0 Å². The number of rotatable bonds is 10. The summed E-state index contributed by atoms with van der Waals surface area (Å²) in [5.74, 6) is -0.826. The molecular weight excluding hydrogens is 524 g/mol. The van der Waals surface area contributed by atoms with E-state index in [1.54, 1.807) is 36.2 Å². The van der Waals surface area contributed by atoms with E-state index in [-0.39, 0.29) is 48.6 Å². The first-order valence-corrected chi connectivity index (χ1v) is 13.0. The summed E-state index contributed by atoms with van der Waals surface area (Å²) in [5, 5.41) is 20.3. The number of likely N-dealkylation sites (N-methyl/N-ethyl adjacent to an activating group) is 1. The van der Waals surface area contributed by atoms with Gasteiger partial charge in [-0.3, -0.25) is 19.2 Å². The predicted octanol–water partition coefficient (Wildman–Crippen LogP) is 1.05. The van der Waals surface area contributed by atoms with E-state index in [2.05, 4.69) is 5.32 Å². The number of carbonyl (C=O) groups is 4. The molecule has 2 aromatic rings.